The molecule has 18 heavy (non-hydrogen) atoms. The molecule has 6 heteroatoms. The zero-order valence-corrected chi connectivity index (χ0v) is 10.0. The molecule has 6 nitrogen and oxygen atoms in total. The fraction of sp³-hybridized carbons (Fsp3) is 0.167. The molecular weight excluding hydrogens is 230 g/mol. The van der Waals surface area contributed by atoms with Gasteiger partial charge in [-0.05, 0) is 19.1 Å². The van der Waals surface area contributed by atoms with Gasteiger partial charge in [0.2, 0.25) is 5.78 Å². The van der Waals surface area contributed by atoms with Crippen molar-refractivity contribution in [3.05, 3.63) is 46.6 Å². The Bertz CT molecular complexity index is 772. The number of hydrogen-bond donors (Lipinski definition) is 0. The van der Waals surface area contributed by atoms with Crippen LogP contribution in [0.25, 0.3) is 17.2 Å². The SMILES string of the molecule is Cc1cc(=O)nc2n(C)c(-c3ccncc3)nn12. The van der Waals surface area contributed by atoms with E-state index in [1.807, 2.05) is 26.1 Å². The van der Waals surface area contributed by atoms with Crippen LogP contribution in [0.4, 0.5) is 0 Å². The van der Waals surface area contributed by atoms with E-state index in [1.54, 1.807) is 21.5 Å². The quantitative estimate of drug-likeness (QED) is 0.632. The van der Waals surface area contributed by atoms with Crippen molar-refractivity contribution in [2.24, 2.45) is 7.05 Å². The van der Waals surface area contributed by atoms with Crippen molar-refractivity contribution < 1.29 is 0 Å². The van der Waals surface area contributed by atoms with Crippen LogP contribution in [0.15, 0.2) is 35.4 Å². The molecule has 3 heterocycles. The molecule has 0 unspecified atom stereocenters. The van der Waals surface area contributed by atoms with Gasteiger partial charge in [0.15, 0.2) is 5.82 Å². The summed E-state index contributed by atoms with van der Waals surface area (Å²) in [5, 5.41) is 4.47. The van der Waals surface area contributed by atoms with Crippen LogP contribution >= 0.6 is 0 Å². The second kappa shape index (κ2) is 3.76. The van der Waals surface area contributed by atoms with Crippen molar-refractivity contribution in [2.75, 3.05) is 0 Å². The third-order valence-electron chi connectivity index (χ3n) is 2.82. The topological polar surface area (TPSA) is 65.1 Å². The van der Waals surface area contributed by atoms with Crippen LogP contribution in [0.3, 0.4) is 0 Å². The smallest absolute Gasteiger partial charge is 0.274 e. The highest BCUT2D eigenvalue weighted by molar-refractivity contribution is 5.57. The predicted molar refractivity (Wildman–Crippen MR) is 66.2 cm³/mol. The Morgan fingerprint density at radius 1 is 1.22 bits per heavy atom. The molecule has 3 rings (SSSR count). The second-order valence-corrected chi connectivity index (χ2v) is 4.07. The van der Waals surface area contributed by atoms with Gasteiger partial charge in [-0.3, -0.25) is 14.3 Å². The summed E-state index contributed by atoms with van der Waals surface area (Å²) in [6, 6.07) is 5.21. The Morgan fingerprint density at radius 2 is 1.94 bits per heavy atom. The minimum atomic E-state index is -0.253. The average Bonchev–Trinajstić information content (AvgIpc) is 2.69. The lowest BCUT2D eigenvalue weighted by molar-refractivity contribution is 0.877. The Labute approximate surface area is 103 Å². The first-order valence-electron chi connectivity index (χ1n) is 5.50. The van der Waals surface area contributed by atoms with Crippen LogP contribution in [0.5, 0.6) is 0 Å². The van der Waals surface area contributed by atoms with Gasteiger partial charge in [0.05, 0.1) is 0 Å². The van der Waals surface area contributed by atoms with Crippen LogP contribution in [-0.4, -0.2) is 24.1 Å². The Balaban J connectivity index is 2.37. The maximum Gasteiger partial charge on any atom is 0.274 e. The summed E-state index contributed by atoms with van der Waals surface area (Å²) in [6.45, 7) is 1.83. The molecule has 3 aromatic heterocycles. The Hall–Kier alpha value is -2.50. The highest BCUT2D eigenvalue weighted by Gasteiger charge is 2.12. The van der Waals surface area contributed by atoms with E-state index in [1.165, 1.54) is 6.07 Å². The van der Waals surface area contributed by atoms with Crippen molar-refractivity contribution in [1.82, 2.24) is 24.1 Å². The van der Waals surface area contributed by atoms with Crippen LogP contribution < -0.4 is 5.56 Å². The lowest BCUT2D eigenvalue weighted by Crippen LogP contribution is -2.11. The first-order chi connectivity index (χ1) is 8.66. The summed E-state index contributed by atoms with van der Waals surface area (Å²) < 4.78 is 3.46. The molecule has 0 N–H and O–H groups in total. The molecule has 90 valence electrons. The van der Waals surface area contributed by atoms with Crippen molar-refractivity contribution in [1.29, 1.82) is 0 Å². The lowest BCUT2D eigenvalue weighted by atomic mass is 10.2. The normalized spacial score (nSPS) is 11.0. The molecule has 0 saturated heterocycles. The van der Waals surface area contributed by atoms with E-state index in [2.05, 4.69) is 15.1 Å². The molecule has 0 aliphatic heterocycles. The van der Waals surface area contributed by atoms with Crippen LogP contribution in [0, 0.1) is 6.92 Å². The summed E-state index contributed by atoms with van der Waals surface area (Å²) in [6.07, 6.45) is 3.41. The molecule has 0 amide bonds. The first-order valence-corrected chi connectivity index (χ1v) is 5.50. The molecule has 0 fully saturated rings. The maximum absolute atomic E-state index is 11.4. The minimum absolute atomic E-state index is 0.253. The molecule has 3 aromatic rings. The third kappa shape index (κ3) is 1.50. The van der Waals surface area contributed by atoms with E-state index >= 15 is 0 Å². The lowest BCUT2D eigenvalue weighted by Gasteiger charge is -1.98. The molecule has 0 aliphatic carbocycles. The maximum atomic E-state index is 11.4. The second-order valence-electron chi connectivity index (χ2n) is 4.07. The monoisotopic (exact) mass is 241 g/mol. The molecule has 0 spiro atoms. The number of pyridine rings is 1. The predicted octanol–water partition coefficient (Wildman–Crippen LogP) is 0.798. The molecule has 0 saturated carbocycles. The fourth-order valence-corrected chi connectivity index (χ4v) is 1.93. The van der Waals surface area contributed by atoms with E-state index in [0.717, 1.165) is 17.1 Å². The number of hydrogen-bond acceptors (Lipinski definition) is 4. The molecule has 0 radical (unpaired) electrons. The zero-order chi connectivity index (χ0) is 12.7. The van der Waals surface area contributed by atoms with Gasteiger partial charge in [0.25, 0.3) is 5.56 Å². The largest absolute Gasteiger partial charge is 0.296 e. The minimum Gasteiger partial charge on any atom is -0.296 e. The van der Waals surface area contributed by atoms with Gasteiger partial charge >= 0.3 is 0 Å². The summed E-state index contributed by atoms with van der Waals surface area (Å²) in [5.41, 5.74) is 1.45. The van der Waals surface area contributed by atoms with Crippen molar-refractivity contribution in [3.8, 4) is 11.4 Å². The van der Waals surface area contributed by atoms with Crippen molar-refractivity contribution in [2.45, 2.75) is 6.92 Å². The van der Waals surface area contributed by atoms with E-state index in [4.69, 9.17) is 0 Å². The molecule has 0 atom stereocenters. The van der Waals surface area contributed by atoms with Gasteiger partial charge in [-0.25, -0.2) is 4.52 Å². The Kier molecular flexibility index (Phi) is 2.22. The van der Waals surface area contributed by atoms with Gasteiger partial charge in [-0.2, -0.15) is 4.98 Å². The Morgan fingerprint density at radius 3 is 2.67 bits per heavy atom. The van der Waals surface area contributed by atoms with Gasteiger partial charge < -0.3 is 0 Å². The van der Waals surface area contributed by atoms with Crippen LogP contribution in [0.1, 0.15) is 5.69 Å². The van der Waals surface area contributed by atoms with Crippen LogP contribution in [-0.2, 0) is 7.05 Å². The summed E-state index contributed by atoms with van der Waals surface area (Å²) in [5.74, 6) is 1.28. The standard InChI is InChI=1S/C12H11N5O/c1-8-7-10(18)14-12-16(2)11(15-17(8)12)9-3-5-13-6-4-9/h3-7H,1-2H3. The number of fused-ring (bicyclic) bond motifs is 1. The van der Waals surface area contributed by atoms with Gasteiger partial charge in [-0.15, -0.1) is 5.10 Å². The van der Waals surface area contributed by atoms with Gasteiger partial charge in [0, 0.05) is 36.8 Å². The number of aromatic nitrogens is 5. The van der Waals surface area contributed by atoms with Crippen molar-refractivity contribution in [3.63, 3.8) is 0 Å². The molecule has 0 aliphatic rings. The van der Waals surface area contributed by atoms with E-state index < -0.39 is 0 Å². The number of aryl methyl sites for hydroxylation is 2. The highest BCUT2D eigenvalue weighted by Crippen LogP contribution is 2.17. The van der Waals surface area contributed by atoms with E-state index in [-0.39, 0.29) is 5.56 Å². The van der Waals surface area contributed by atoms with Gasteiger partial charge in [0.1, 0.15) is 0 Å². The summed E-state index contributed by atoms with van der Waals surface area (Å²) in [4.78, 5) is 19.4. The molecule has 0 bridgehead atoms. The number of nitrogens with zero attached hydrogens (tertiary/aromatic N) is 5. The zero-order valence-electron chi connectivity index (χ0n) is 10.0. The van der Waals surface area contributed by atoms with E-state index in [0.29, 0.717) is 5.78 Å². The van der Waals surface area contributed by atoms with Crippen LogP contribution in [0.2, 0.25) is 0 Å². The summed E-state index contributed by atoms with van der Waals surface area (Å²) in [7, 11) is 1.84. The van der Waals surface area contributed by atoms with Crippen molar-refractivity contribution >= 4 is 5.78 Å². The third-order valence-corrected chi connectivity index (χ3v) is 2.82. The average molecular weight is 241 g/mol. The summed E-state index contributed by atoms with van der Waals surface area (Å²) >= 11 is 0. The molecular formula is C12H11N5O. The fourth-order valence-electron chi connectivity index (χ4n) is 1.93. The van der Waals surface area contributed by atoms with E-state index in [9.17, 15) is 4.79 Å². The molecule has 0 aromatic carbocycles. The highest BCUT2D eigenvalue weighted by atomic mass is 16.1. The number of rotatable bonds is 1. The van der Waals surface area contributed by atoms with Gasteiger partial charge in [-0.1, -0.05) is 0 Å². The first kappa shape index (κ1) is 10.6.